The highest BCUT2D eigenvalue weighted by Gasteiger charge is 2.11. The first-order valence-electron chi connectivity index (χ1n) is 6.69. The molecule has 0 aliphatic rings. The van der Waals surface area contributed by atoms with Gasteiger partial charge in [-0.2, -0.15) is 0 Å². The van der Waals surface area contributed by atoms with Gasteiger partial charge in [-0.1, -0.05) is 60.7 Å². The molecule has 102 valence electrons. The summed E-state index contributed by atoms with van der Waals surface area (Å²) in [6.07, 6.45) is 3.35. The van der Waals surface area contributed by atoms with Crippen LogP contribution in [0.15, 0.2) is 60.7 Å². The zero-order valence-electron chi connectivity index (χ0n) is 11.2. The van der Waals surface area contributed by atoms with Crippen LogP contribution in [0.2, 0.25) is 0 Å². The zero-order valence-corrected chi connectivity index (χ0v) is 12.0. The maximum Gasteiger partial charge on any atom is -0.00771 e. The van der Waals surface area contributed by atoms with Gasteiger partial charge in [-0.05, 0) is 42.9 Å². The second-order valence-corrected chi connectivity index (χ2v) is 4.73. The predicted octanol–water partition coefficient (Wildman–Crippen LogP) is 4.17. The van der Waals surface area contributed by atoms with E-state index in [0.717, 1.165) is 25.8 Å². The van der Waals surface area contributed by atoms with E-state index >= 15 is 0 Å². The third-order valence-electron chi connectivity index (χ3n) is 3.35. The second kappa shape index (κ2) is 8.73. The summed E-state index contributed by atoms with van der Waals surface area (Å²) in [6, 6.07) is 21.5. The molecule has 2 aromatic carbocycles. The Morgan fingerprint density at radius 2 is 1.42 bits per heavy atom. The van der Waals surface area contributed by atoms with E-state index in [4.69, 9.17) is 5.73 Å². The fourth-order valence-electron chi connectivity index (χ4n) is 2.37. The van der Waals surface area contributed by atoms with Gasteiger partial charge in [0, 0.05) is 0 Å². The highest BCUT2D eigenvalue weighted by Crippen LogP contribution is 2.25. The highest BCUT2D eigenvalue weighted by molar-refractivity contribution is 5.85. The number of rotatable bonds is 6. The molecule has 1 unspecified atom stereocenters. The number of halogens is 1. The fraction of sp³-hybridized carbons (Fsp3) is 0.294. The van der Waals surface area contributed by atoms with Crippen LogP contribution in [0.1, 0.15) is 29.9 Å². The van der Waals surface area contributed by atoms with Crippen molar-refractivity contribution < 1.29 is 0 Å². The Labute approximate surface area is 122 Å². The van der Waals surface area contributed by atoms with Gasteiger partial charge in [0.15, 0.2) is 0 Å². The van der Waals surface area contributed by atoms with Crippen molar-refractivity contribution in [3.05, 3.63) is 71.8 Å². The van der Waals surface area contributed by atoms with E-state index in [9.17, 15) is 0 Å². The zero-order chi connectivity index (χ0) is 12.6. The Morgan fingerprint density at radius 3 is 2.00 bits per heavy atom. The lowest BCUT2D eigenvalue weighted by molar-refractivity contribution is 0.594. The highest BCUT2D eigenvalue weighted by atomic mass is 35.5. The third kappa shape index (κ3) is 5.06. The van der Waals surface area contributed by atoms with Crippen molar-refractivity contribution >= 4 is 12.4 Å². The monoisotopic (exact) mass is 275 g/mol. The van der Waals surface area contributed by atoms with Gasteiger partial charge in [0.25, 0.3) is 0 Å². The van der Waals surface area contributed by atoms with E-state index in [2.05, 4.69) is 60.7 Å². The maximum atomic E-state index is 5.65. The van der Waals surface area contributed by atoms with Crippen molar-refractivity contribution in [1.82, 2.24) is 0 Å². The van der Waals surface area contributed by atoms with Crippen LogP contribution >= 0.6 is 12.4 Å². The van der Waals surface area contributed by atoms with E-state index in [1.165, 1.54) is 11.1 Å². The molecule has 0 saturated carbocycles. The molecule has 0 aliphatic carbocycles. The van der Waals surface area contributed by atoms with Crippen molar-refractivity contribution in [2.24, 2.45) is 5.73 Å². The Morgan fingerprint density at radius 1 is 0.842 bits per heavy atom. The number of nitrogens with two attached hydrogens (primary N) is 1. The number of benzene rings is 2. The lowest BCUT2D eigenvalue weighted by atomic mass is 9.88. The van der Waals surface area contributed by atoms with Gasteiger partial charge in [-0.3, -0.25) is 0 Å². The molecule has 2 N–H and O–H groups in total. The average Bonchev–Trinajstić information content (AvgIpc) is 2.45. The normalized spacial score (nSPS) is 11.6. The molecule has 1 atom stereocenters. The van der Waals surface area contributed by atoms with E-state index in [1.807, 2.05) is 0 Å². The van der Waals surface area contributed by atoms with Gasteiger partial charge >= 0.3 is 0 Å². The van der Waals surface area contributed by atoms with Crippen LogP contribution in [0.3, 0.4) is 0 Å². The fourth-order valence-corrected chi connectivity index (χ4v) is 2.37. The summed E-state index contributed by atoms with van der Waals surface area (Å²) in [5.41, 5.74) is 8.48. The standard InChI is InChI=1S/C17H21N.ClH/c18-13-7-12-17(16-10-5-2-6-11-16)14-15-8-3-1-4-9-15;/h1-6,8-11,17H,7,12-14,18H2;1H. The molecule has 0 aromatic heterocycles. The van der Waals surface area contributed by atoms with Gasteiger partial charge in [0.2, 0.25) is 0 Å². The summed E-state index contributed by atoms with van der Waals surface area (Å²) >= 11 is 0. The van der Waals surface area contributed by atoms with Crippen molar-refractivity contribution in [2.45, 2.75) is 25.2 Å². The van der Waals surface area contributed by atoms with Crippen molar-refractivity contribution in [1.29, 1.82) is 0 Å². The molecule has 2 heteroatoms. The average molecular weight is 276 g/mol. The minimum atomic E-state index is 0. The molecule has 0 fully saturated rings. The Balaban J connectivity index is 0.00000180. The van der Waals surface area contributed by atoms with Crippen LogP contribution in [0, 0.1) is 0 Å². The van der Waals surface area contributed by atoms with Crippen LogP contribution in [0.25, 0.3) is 0 Å². The largest absolute Gasteiger partial charge is 0.330 e. The predicted molar refractivity (Wildman–Crippen MR) is 84.9 cm³/mol. The molecule has 0 radical (unpaired) electrons. The molecule has 1 nitrogen and oxygen atoms in total. The molecule has 0 amide bonds. The van der Waals surface area contributed by atoms with Crippen molar-refractivity contribution in [3.63, 3.8) is 0 Å². The summed E-state index contributed by atoms with van der Waals surface area (Å²) < 4.78 is 0. The van der Waals surface area contributed by atoms with Crippen LogP contribution < -0.4 is 5.73 Å². The molecular weight excluding hydrogens is 254 g/mol. The van der Waals surface area contributed by atoms with E-state index in [0.29, 0.717) is 5.92 Å². The molecule has 2 aromatic rings. The van der Waals surface area contributed by atoms with E-state index in [-0.39, 0.29) is 12.4 Å². The minimum absolute atomic E-state index is 0. The lowest BCUT2D eigenvalue weighted by Crippen LogP contribution is -2.07. The number of hydrogen-bond donors (Lipinski definition) is 1. The van der Waals surface area contributed by atoms with Crippen LogP contribution in [0.4, 0.5) is 0 Å². The quantitative estimate of drug-likeness (QED) is 0.841. The first-order valence-corrected chi connectivity index (χ1v) is 6.69. The number of hydrogen-bond acceptors (Lipinski definition) is 1. The molecule has 2 rings (SSSR count). The molecule has 0 heterocycles. The second-order valence-electron chi connectivity index (χ2n) is 4.73. The van der Waals surface area contributed by atoms with Crippen LogP contribution in [0.5, 0.6) is 0 Å². The lowest BCUT2D eigenvalue weighted by Gasteiger charge is -2.17. The SMILES string of the molecule is Cl.NCCCC(Cc1ccccc1)c1ccccc1. The molecule has 0 aliphatic heterocycles. The Kier molecular flexibility index (Phi) is 7.24. The summed E-state index contributed by atoms with van der Waals surface area (Å²) in [7, 11) is 0. The molecule has 0 spiro atoms. The van der Waals surface area contributed by atoms with Crippen LogP contribution in [-0.2, 0) is 6.42 Å². The molecule has 0 bridgehead atoms. The molecule has 0 saturated heterocycles. The van der Waals surface area contributed by atoms with Gasteiger partial charge in [0.05, 0.1) is 0 Å². The van der Waals surface area contributed by atoms with Crippen LogP contribution in [-0.4, -0.2) is 6.54 Å². The maximum absolute atomic E-state index is 5.65. The molecular formula is C17H22ClN. The van der Waals surface area contributed by atoms with Crippen molar-refractivity contribution in [2.75, 3.05) is 6.54 Å². The minimum Gasteiger partial charge on any atom is -0.330 e. The molecule has 19 heavy (non-hydrogen) atoms. The summed E-state index contributed by atoms with van der Waals surface area (Å²) in [5.74, 6) is 0.581. The first kappa shape index (κ1) is 15.7. The Bertz CT molecular complexity index is 441. The van der Waals surface area contributed by atoms with E-state index in [1.54, 1.807) is 0 Å². The first-order chi connectivity index (χ1) is 8.90. The van der Waals surface area contributed by atoms with Gasteiger partial charge in [0.1, 0.15) is 0 Å². The summed E-state index contributed by atoms with van der Waals surface area (Å²) in [6.45, 7) is 0.776. The smallest absolute Gasteiger partial charge is 0.00771 e. The van der Waals surface area contributed by atoms with E-state index < -0.39 is 0 Å². The van der Waals surface area contributed by atoms with Gasteiger partial charge in [-0.15, -0.1) is 12.4 Å². The van der Waals surface area contributed by atoms with Gasteiger partial charge in [-0.25, -0.2) is 0 Å². The Hall–Kier alpha value is -1.31. The topological polar surface area (TPSA) is 26.0 Å². The van der Waals surface area contributed by atoms with Gasteiger partial charge < -0.3 is 5.73 Å². The summed E-state index contributed by atoms with van der Waals surface area (Å²) in [5, 5.41) is 0. The van der Waals surface area contributed by atoms with Crippen molar-refractivity contribution in [3.8, 4) is 0 Å². The third-order valence-corrected chi connectivity index (χ3v) is 3.35. The summed E-state index contributed by atoms with van der Waals surface area (Å²) in [4.78, 5) is 0.